The maximum atomic E-state index is 13.3. The minimum atomic E-state index is -1.39. The first-order valence-electron chi connectivity index (χ1n) is 9.84. The fourth-order valence-electron chi connectivity index (χ4n) is 4.92. The summed E-state index contributed by atoms with van der Waals surface area (Å²) < 4.78 is 0. The van der Waals surface area contributed by atoms with Gasteiger partial charge in [-0.2, -0.15) is 0 Å². The van der Waals surface area contributed by atoms with Crippen LogP contribution in [0.2, 0.25) is 5.02 Å². The number of primary amides is 1. The SMILES string of the molecule is CCCCN1C(=O)[C@H]2[C@@H](C1=O)[C@@]1(N[C@@H]2CCC(N)=O)C(=O)Nc2ccc(Cl)cc21. The van der Waals surface area contributed by atoms with Gasteiger partial charge in [0, 0.05) is 35.3 Å². The highest BCUT2D eigenvalue weighted by Gasteiger charge is 2.70. The van der Waals surface area contributed by atoms with Gasteiger partial charge in [-0.25, -0.2) is 0 Å². The summed E-state index contributed by atoms with van der Waals surface area (Å²) >= 11 is 6.19. The Morgan fingerprint density at radius 1 is 1.28 bits per heavy atom. The molecule has 1 aromatic rings. The second-order valence-corrected chi connectivity index (χ2v) is 8.33. The molecule has 4 rings (SSSR count). The number of nitrogens with two attached hydrogens (primary N) is 1. The van der Waals surface area contributed by atoms with Crippen molar-refractivity contribution in [2.75, 3.05) is 11.9 Å². The third-order valence-electron chi connectivity index (χ3n) is 6.21. The second kappa shape index (κ2) is 7.11. The Balaban J connectivity index is 1.81. The van der Waals surface area contributed by atoms with E-state index in [1.165, 1.54) is 4.90 Å². The number of carbonyl (C=O) groups excluding carboxylic acids is 4. The standard InChI is InChI=1S/C20H23ClN4O4/c1-2-3-8-25-17(27)15-13(6-7-14(22)26)24-20(16(15)18(25)28)11-9-10(21)4-5-12(11)23-19(20)29/h4-5,9,13,15-16,24H,2-3,6-8H2,1H3,(H2,22,26)(H,23,29)/t13-,15-,16+,20-/m1/s1. The number of carbonyl (C=O) groups is 4. The maximum Gasteiger partial charge on any atom is 0.250 e. The Kier molecular flexibility index (Phi) is 4.86. The van der Waals surface area contributed by atoms with Crippen molar-refractivity contribution in [1.29, 1.82) is 0 Å². The van der Waals surface area contributed by atoms with Crippen LogP contribution in [0, 0.1) is 11.8 Å². The topological polar surface area (TPSA) is 122 Å². The van der Waals surface area contributed by atoms with Crippen LogP contribution in [-0.4, -0.2) is 41.1 Å². The molecule has 3 heterocycles. The number of amides is 4. The normalized spacial score (nSPS) is 30.1. The molecule has 4 N–H and O–H groups in total. The lowest BCUT2D eigenvalue weighted by Gasteiger charge is -2.29. The number of hydrogen-bond acceptors (Lipinski definition) is 5. The van der Waals surface area contributed by atoms with Crippen LogP contribution < -0.4 is 16.4 Å². The number of imide groups is 1. The number of anilines is 1. The lowest BCUT2D eigenvalue weighted by atomic mass is 9.76. The van der Waals surface area contributed by atoms with Crippen molar-refractivity contribution in [2.45, 2.75) is 44.2 Å². The molecule has 0 aromatic heterocycles. The number of unbranched alkanes of at least 4 members (excludes halogenated alkanes) is 1. The molecule has 1 spiro atoms. The monoisotopic (exact) mass is 418 g/mol. The molecule has 0 aliphatic carbocycles. The van der Waals surface area contributed by atoms with Crippen molar-refractivity contribution < 1.29 is 19.2 Å². The number of nitrogens with one attached hydrogen (secondary N) is 2. The Morgan fingerprint density at radius 2 is 2.03 bits per heavy atom. The average Bonchev–Trinajstić information content (AvgIpc) is 3.24. The third-order valence-corrected chi connectivity index (χ3v) is 6.44. The summed E-state index contributed by atoms with van der Waals surface area (Å²) in [5.41, 5.74) is 5.04. The molecule has 9 heteroatoms. The summed E-state index contributed by atoms with van der Waals surface area (Å²) in [6.45, 7) is 2.30. The van der Waals surface area contributed by atoms with Crippen LogP contribution in [0.4, 0.5) is 5.69 Å². The van der Waals surface area contributed by atoms with Gasteiger partial charge in [0.15, 0.2) is 0 Å². The van der Waals surface area contributed by atoms with E-state index < -0.39 is 29.3 Å². The molecule has 0 unspecified atom stereocenters. The highest BCUT2D eigenvalue weighted by atomic mass is 35.5. The minimum absolute atomic E-state index is 0.0530. The maximum absolute atomic E-state index is 13.3. The van der Waals surface area contributed by atoms with E-state index in [0.29, 0.717) is 29.2 Å². The molecule has 8 nitrogen and oxygen atoms in total. The van der Waals surface area contributed by atoms with Crippen LogP contribution in [-0.2, 0) is 24.7 Å². The van der Waals surface area contributed by atoms with Gasteiger partial charge in [0.1, 0.15) is 5.54 Å². The van der Waals surface area contributed by atoms with E-state index in [9.17, 15) is 19.2 Å². The Bertz CT molecular complexity index is 920. The number of halogens is 1. The predicted octanol–water partition coefficient (Wildman–Crippen LogP) is 1.13. The summed E-state index contributed by atoms with van der Waals surface area (Å²) in [6, 6.07) is 4.48. The predicted molar refractivity (Wildman–Crippen MR) is 106 cm³/mol. The van der Waals surface area contributed by atoms with Gasteiger partial charge in [0.25, 0.3) is 0 Å². The average molecular weight is 419 g/mol. The number of benzene rings is 1. The van der Waals surface area contributed by atoms with Crippen LogP contribution in [0.25, 0.3) is 0 Å². The molecule has 0 saturated carbocycles. The lowest BCUT2D eigenvalue weighted by Crippen LogP contribution is -2.53. The van der Waals surface area contributed by atoms with Crippen molar-refractivity contribution in [3.63, 3.8) is 0 Å². The van der Waals surface area contributed by atoms with Crippen LogP contribution in [0.3, 0.4) is 0 Å². The molecule has 1 aromatic carbocycles. The molecule has 4 atom stereocenters. The van der Waals surface area contributed by atoms with Gasteiger partial charge in [-0.3, -0.25) is 29.4 Å². The van der Waals surface area contributed by atoms with Gasteiger partial charge in [-0.15, -0.1) is 0 Å². The van der Waals surface area contributed by atoms with E-state index >= 15 is 0 Å². The zero-order valence-corrected chi connectivity index (χ0v) is 16.8. The zero-order valence-electron chi connectivity index (χ0n) is 16.0. The number of hydrogen-bond donors (Lipinski definition) is 3. The van der Waals surface area contributed by atoms with Crippen LogP contribution in [0.1, 0.15) is 38.2 Å². The van der Waals surface area contributed by atoms with Crippen molar-refractivity contribution in [1.82, 2.24) is 10.2 Å². The van der Waals surface area contributed by atoms with E-state index in [2.05, 4.69) is 10.6 Å². The van der Waals surface area contributed by atoms with E-state index in [0.717, 1.165) is 6.42 Å². The molecule has 0 radical (unpaired) electrons. The van der Waals surface area contributed by atoms with Crippen molar-refractivity contribution in [3.05, 3.63) is 28.8 Å². The quantitative estimate of drug-likeness (QED) is 0.598. The highest BCUT2D eigenvalue weighted by Crippen LogP contribution is 2.53. The highest BCUT2D eigenvalue weighted by molar-refractivity contribution is 6.31. The summed E-state index contributed by atoms with van der Waals surface area (Å²) in [5.74, 6) is -3.15. The van der Waals surface area contributed by atoms with Gasteiger partial charge in [0.2, 0.25) is 23.6 Å². The molecule has 2 fully saturated rings. The van der Waals surface area contributed by atoms with Gasteiger partial charge in [0.05, 0.1) is 11.8 Å². The van der Waals surface area contributed by atoms with Crippen molar-refractivity contribution in [2.24, 2.45) is 17.6 Å². The molecular formula is C20H23ClN4O4. The van der Waals surface area contributed by atoms with E-state index in [-0.39, 0.29) is 30.6 Å². The first kappa shape index (κ1) is 19.8. The summed E-state index contributed by atoms with van der Waals surface area (Å²) in [4.78, 5) is 52.3. The summed E-state index contributed by atoms with van der Waals surface area (Å²) in [7, 11) is 0. The lowest BCUT2D eigenvalue weighted by molar-refractivity contribution is -0.143. The Morgan fingerprint density at radius 3 is 2.72 bits per heavy atom. The van der Waals surface area contributed by atoms with Crippen LogP contribution >= 0.6 is 11.6 Å². The first-order chi connectivity index (χ1) is 13.8. The Labute approximate surface area is 173 Å². The summed E-state index contributed by atoms with van der Waals surface area (Å²) in [5, 5.41) is 6.49. The van der Waals surface area contributed by atoms with Crippen molar-refractivity contribution in [3.8, 4) is 0 Å². The second-order valence-electron chi connectivity index (χ2n) is 7.89. The number of nitrogens with zero attached hydrogens (tertiary/aromatic N) is 1. The molecule has 2 saturated heterocycles. The van der Waals surface area contributed by atoms with E-state index in [4.69, 9.17) is 17.3 Å². The van der Waals surface area contributed by atoms with Gasteiger partial charge < -0.3 is 11.1 Å². The van der Waals surface area contributed by atoms with E-state index in [1.54, 1.807) is 18.2 Å². The van der Waals surface area contributed by atoms with Gasteiger partial charge in [-0.1, -0.05) is 24.9 Å². The fourth-order valence-corrected chi connectivity index (χ4v) is 5.09. The number of rotatable bonds is 6. The fraction of sp³-hybridized carbons (Fsp3) is 0.500. The minimum Gasteiger partial charge on any atom is -0.370 e. The van der Waals surface area contributed by atoms with Crippen molar-refractivity contribution >= 4 is 40.9 Å². The summed E-state index contributed by atoms with van der Waals surface area (Å²) in [6.07, 6.45) is 1.84. The first-order valence-corrected chi connectivity index (χ1v) is 10.2. The Hall–Kier alpha value is -2.45. The van der Waals surface area contributed by atoms with E-state index in [1.807, 2.05) is 6.92 Å². The molecule has 3 aliphatic heterocycles. The largest absolute Gasteiger partial charge is 0.370 e. The molecule has 3 aliphatic rings. The van der Waals surface area contributed by atoms with Crippen LogP contribution in [0.5, 0.6) is 0 Å². The van der Waals surface area contributed by atoms with Gasteiger partial charge >= 0.3 is 0 Å². The van der Waals surface area contributed by atoms with Crippen LogP contribution in [0.15, 0.2) is 18.2 Å². The molecule has 154 valence electrons. The molecule has 4 amide bonds. The molecular weight excluding hydrogens is 396 g/mol. The third kappa shape index (κ3) is 2.85. The zero-order chi connectivity index (χ0) is 20.9. The smallest absolute Gasteiger partial charge is 0.250 e. The van der Waals surface area contributed by atoms with Gasteiger partial charge in [-0.05, 0) is 31.0 Å². The number of fused-ring (bicyclic) bond motifs is 4. The molecule has 29 heavy (non-hydrogen) atoms. The number of likely N-dealkylation sites (tertiary alicyclic amines) is 1. The molecule has 0 bridgehead atoms.